The zero-order chi connectivity index (χ0) is 22.9. The summed E-state index contributed by atoms with van der Waals surface area (Å²) < 4.78 is 46.1. The maximum Gasteiger partial charge on any atom is 0.416 e. The van der Waals surface area contributed by atoms with Crippen molar-refractivity contribution < 1.29 is 17.6 Å². The fraction of sp³-hybridized carbons (Fsp3) is 0.500. The van der Waals surface area contributed by atoms with Crippen LogP contribution in [-0.4, -0.2) is 58.9 Å². The summed E-state index contributed by atoms with van der Waals surface area (Å²) in [4.78, 5) is 6.01. The minimum atomic E-state index is -4.51. The van der Waals surface area contributed by atoms with Crippen LogP contribution in [-0.2, 0) is 19.1 Å². The van der Waals surface area contributed by atoms with Gasteiger partial charge >= 0.3 is 6.18 Å². The van der Waals surface area contributed by atoms with Gasteiger partial charge in [0.2, 0.25) is 5.89 Å². The lowest BCUT2D eigenvalue weighted by molar-refractivity contribution is -0.138. The zero-order valence-corrected chi connectivity index (χ0v) is 17.9. The molecule has 4 rings (SSSR count). The molecule has 1 aromatic carbocycles. The molecule has 0 radical (unpaired) electrons. The summed E-state index contributed by atoms with van der Waals surface area (Å²) in [5, 5.41) is 19.8. The first kappa shape index (κ1) is 22.7. The van der Waals surface area contributed by atoms with E-state index in [4.69, 9.17) is 27.2 Å². The molecule has 1 atom stereocenters. The third kappa shape index (κ3) is 5.11. The Bertz CT molecular complexity index is 1020. The first-order chi connectivity index (χ1) is 15.2. The van der Waals surface area contributed by atoms with Crippen molar-refractivity contribution in [1.82, 2.24) is 20.4 Å². The van der Waals surface area contributed by atoms with Gasteiger partial charge in [-0.1, -0.05) is 11.6 Å². The van der Waals surface area contributed by atoms with E-state index >= 15 is 0 Å². The van der Waals surface area contributed by atoms with E-state index in [0.717, 1.165) is 19.2 Å². The van der Waals surface area contributed by atoms with Gasteiger partial charge in [0.05, 0.1) is 23.9 Å². The molecule has 1 fully saturated rings. The first-order valence-corrected chi connectivity index (χ1v) is 10.6. The predicted molar refractivity (Wildman–Crippen MR) is 113 cm³/mol. The van der Waals surface area contributed by atoms with Crippen LogP contribution in [0.2, 0.25) is 5.02 Å². The van der Waals surface area contributed by atoms with Crippen LogP contribution in [0.25, 0.3) is 0 Å². The summed E-state index contributed by atoms with van der Waals surface area (Å²) in [6, 6.07) is 2.95. The number of hydrogen-bond donors (Lipinski definition) is 3. The average Bonchev–Trinajstić information content (AvgIpc) is 3.15. The minimum absolute atomic E-state index is 0.0344. The number of benzene rings is 1. The number of nitrogens with zero attached hydrogens (tertiary/aromatic N) is 4. The Morgan fingerprint density at radius 2 is 2.09 bits per heavy atom. The molecule has 4 N–H and O–H groups in total. The number of alkyl halides is 3. The van der Waals surface area contributed by atoms with E-state index < -0.39 is 17.8 Å². The van der Waals surface area contributed by atoms with Gasteiger partial charge in [-0.25, -0.2) is 0 Å². The lowest BCUT2D eigenvalue weighted by atomic mass is 10.00. The zero-order valence-electron chi connectivity index (χ0n) is 17.1. The summed E-state index contributed by atoms with van der Waals surface area (Å²) in [6.07, 6.45) is -3.78. The number of rotatable bonds is 7. The molecule has 2 aromatic rings. The monoisotopic (exact) mass is 469 g/mol. The predicted octanol–water partition coefficient (Wildman–Crippen LogP) is 2.50. The van der Waals surface area contributed by atoms with Crippen LogP contribution in [0.5, 0.6) is 0 Å². The molecule has 1 saturated heterocycles. The van der Waals surface area contributed by atoms with Crippen LogP contribution in [0, 0.1) is 11.3 Å². The normalized spacial score (nSPS) is 20.1. The summed E-state index contributed by atoms with van der Waals surface area (Å²) >= 11 is 5.97. The number of nitrogens with two attached hydrogens (primary N) is 1. The fourth-order valence-electron chi connectivity index (χ4n) is 3.85. The van der Waals surface area contributed by atoms with Crippen molar-refractivity contribution >= 4 is 23.1 Å². The first-order valence-electron chi connectivity index (χ1n) is 10.2. The van der Waals surface area contributed by atoms with E-state index in [-0.39, 0.29) is 41.0 Å². The highest BCUT2D eigenvalue weighted by Crippen LogP contribution is 2.34. The molecule has 32 heavy (non-hydrogen) atoms. The molecule has 2 aliphatic heterocycles. The number of nitrogens with one attached hydrogen (secondary N) is 2. The van der Waals surface area contributed by atoms with Crippen LogP contribution < -0.4 is 11.1 Å². The lowest BCUT2D eigenvalue weighted by Crippen LogP contribution is -2.50. The lowest BCUT2D eigenvalue weighted by Gasteiger charge is -2.34. The molecule has 8 nitrogen and oxygen atoms in total. The van der Waals surface area contributed by atoms with Crippen molar-refractivity contribution in [1.29, 1.82) is 5.41 Å². The van der Waals surface area contributed by atoms with Crippen molar-refractivity contribution in [2.45, 2.75) is 31.6 Å². The number of halogens is 4. The highest BCUT2D eigenvalue weighted by Gasteiger charge is 2.35. The van der Waals surface area contributed by atoms with E-state index in [1.165, 1.54) is 12.1 Å². The highest BCUT2D eigenvalue weighted by atomic mass is 35.5. The Kier molecular flexibility index (Phi) is 6.50. The van der Waals surface area contributed by atoms with Crippen LogP contribution >= 0.6 is 11.6 Å². The fourth-order valence-corrected chi connectivity index (χ4v) is 4.04. The van der Waals surface area contributed by atoms with Crippen molar-refractivity contribution in [2.24, 2.45) is 16.6 Å². The van der Waals surface area contributed by atoms with Crippen LogP contribution in [0.1, 0.15) is 29.3 Å². The second-order valence-electron chi connectivity index (χ2n) is 8.00. The smallest absolute Gasteiger partial charge is 0.416 e. The second kappa shape index (κ2) is 9.16. The van der Waals surface area contributed by atoms with E-state index in [9.17, 15) is 13.2 Å². The minimum Gasteiger partial charge on any atom is -0.420 e. The molecular formula is C20H23ClF3N7O. The molecule has 0 bridgehead atoms. The van der Waals surface area contributed by atoms with Gasteiger partial charge in [-0.15, -0.1) is 10.2 Å². The molecule has 12 heteroatoms. The Balaban J connectivity index is 1.50. The van der Waals surface area contributed by atoms with Gasteiger partial charge in [0.15, 0.2) is 0 Å². The quantitative estimate of drug-likeness (QED) is 0.536. The van der Waals surface area contributed by atoms with Crippen molar-refractivity contribution in [3.63, 3.8) is 0 Å². The molecule has 0 spiro atoms. The molecule has 1 aromatic heterocycles. The van der Waals surface area contributed by atoms with Gasteiger partial charge in [0.1, 0.15) is 5.84 Å². The SMILES string of the molecule is N=C(CC1C(N)=NCCN1Cc1cc(Cl)ccc1C(F)(F)F)c1nnc(CC2CNC2)o1. The van der Waals surface area contributed by atoms with Gasteiger partial charge in [0, 0.05) is 31.0 Å². The number of amidine groups is 1. The van der Waals surface area contributed by atoms with Crippen LogP contribution in [0.3, 0.4) is 0 Å². The topological polar surface area (TPSA) is 116 Å². The van der Waals surface area contributed by atoms with Crippen molar-refractivity contribution in [2.75, 3.05) is 26.2 Å². The molecule has 0 amide bonds. The van der Waals surface area contributed by atoms with Crippen LogP contribution in [0.4, 0.5) is 13.2 Å². The maximum atomic E-state index is 13.5. The molecule has 1 unspecified atom stereocenters. The van der Waals surface area contributed by atoms with E-state index in [2.05, 4.69) is 20.5 Å². The average molecular weight is 470 g/mol. The summed E-state index contributed by atoms with van der Waals surface area (Å²) in [5.41, 5.74) is 5.45. The van der Waals surface area contributed by atoms with E-state index in [0.29, 0.717) is 31.3 Å². The van der Waals surface area contributed by atoms with Crippen LogP contribution in [0.15, 0.2) is 27.6 Å². The number of hydrogen-bond acceptors (Lipinski definition) is 8. The molecule has 3 heterocycles. The Morgan fingerprint density at radius 3 is 2.78 bits per heavy atom. The Morgan fingerprint density at radius 1 is 1.31 bits per heavy atom. The summed E-state index contributed by atoms with van der Waals surface area (Å²) in [6.45, 7) is 2.50. The Labute approximate surface area is 187 Å². The summed E-state index contributed by atoms with van der Waals surface area (Å²) in [5.74, 6) is 1.25. The van der Waals surface area contributed by atoms with E-state index in [1.807, 2.05) is 0 Å². The number of aromatic nitrogens is 2. The third-order valence-corrected chi connectivity index (χ3v) is 5.90. The van der Waals surface area contributed by atoms with Gasteiger partial charge in [-0.05, 0) is 42.8 Å². The molecular weight excluding hydrogens is 447 g/mol. The highest BCUT2D eigenvalue weighted by molar-refractivity contribution is 6.30. The van der Waals surface area contributed by atoms with Gasteiger partial charge in [-0.3, -0.25) is 15.3 Å². The summed E-state index contributed by atoms with van der Waals surface area (Å²) in [7, 11) is 0. The molecule has 2 aliphatic rings. The van der Waals surface area contributed by atoms with Gasteiger partial charge in [-0.2, -0.15) is 13.2 Å². The Hall–Kier alpha value is -2.50. The second-order valence-corrected chi connectivity index (χ2v) is 8.44. The van der Waals surface area contributed by atoms with Crippen molar-refractivity contribution in [3.05, 3.63) is 46.1 Å². The van der Waals surface area contributed by atoms with Crippen molar-refractivity contribution in [3.8, 4) is 0 Å². The van der Waals surface area contributed by atoms with Gasteiger partial charge < -0.3 is 15.5 Å². The molecule has 172 valence electrons. The number of aliphatic imine (C=N–C) groups is 1. The molecule has 0 saturated carbocycles. The third-order valence-electron chi connectivity index (χ3n) is 5.66. The standard InChI is InChI=1S/C20H23ClF3N7O/c21-13-1-2-14(20(22,23)24)12(6-13)10-31-4-3-28-18(26)16(31)7-15(25)19-30-29-17(32-19)5-11-8-27-9-11/h1-2,6,11,16,25,27H,3-5,7-10H2,(H2,26,28). The van der Waals surface area contributed by atoms with E-state index in [1.54, 1.807) is 4.90 Å². The van der Waals surface area contributed by atoms with Gasteiger partial charge in [0.25, 0.3) is 5.89 Å². The largest absolute Gasteiger partial charge is 0.420 e. The molecule has 0 aliphatic carbocycles. The maximum absolute atomic E-state index is 13.5.